The lowest BCUT2D eigenvalue weighted by Crippen LogP contribution is -2.24. The molecule has 1 N–H and O–H groups in total. The number of ether oxygens (including phenoxy) is 2. The Balaban J connectivity index is 3.21. The van der Waals surface area contributed by atoms with Crippen molar-refractivity contribution in [3.05, 3.63) is 22.2 Å². The normalized spacial score (nSPS) is 13.2. The largest absolute Gasteiger partial charge is 0.496 e. The minimum atomic E-state index is -4.26. The Morgan fingerprint density at radius 3 is 2.21 bits per heavy atom. The summed E-state index contributed by atoms with van der Waals surface area (Å²) in [5.41, 5.74) is 0.405. The highest BCUT2D eigenvalue weighted by molar-refractivity contribution is 9.10. The second-order valence-electron chi connectivity index (χ2n) is 3.89. The average Bonchev–Trinajstić information content (AvgIpc) is 2.34. The Hall–Kier alpha value is -0.950. The molecule has 0 aromatic heterocycles. The van der Waals surface area contributed by atoms with Crippen molar-refractivity contribution in [2.24, 2.45) is 0 Å². The van der Waals surface area contributed by atoms with Crippen LogP contribution in [0, 0.1) is 0 Å². The van der Waals surface area contributed by atoms with Crippen molar-refractivity contribution in [2.75, 3.05) is 21.3 Å². The highest BCUT2D eigenvalue weighted by atomic mass is 79.9. The lowest BCUT2D eigenvalue weighted by Gasteiger charge is -2.22. The van der Waals surface area contributed by atoms with E-state index in [1.807, 2.05) is 0 Å². The predicted molar refractivity (Wildman–Crippen MR) is 69.7 cm³/mol. The number of alkyl halides is 3. The smallest absolute Gasteiger partial charge is 0.390 e. The molecule has 1 atom stereocenters. The molecule has 0 saturated carbocycles. The SMILES string of the molecule is CNC(CC(F)(F)F)c1cc(OC)c(Br)cc1OC. The van der Waals surface area contributed by atoms with Gasteiger partial charge in [-0.25, -0.2) is 0 Å². The number of rotatable bonds is 5. The molecular formula is C12H15BrF3NO2. The van der Waals surface area contributed by atoms with Crippen molar-refractivity contribution in [3.63, 3.8) is 0 Å². The lowest BCUT2D eigenvalue weighted by molar-refractivity contribution is -0.140. The van der Waals surface area contributed by atoms with Crippen molar-refractivity contribution in [1.29, 1.82) is 0 Å². The Morgan fingerprint density at radius 2 is 1.79 bits per heavy atom. The van der Waals surface area contributed by atoms with Crippen LogP contribution in [0.25, 0.3) is 0 Å². The van der Waals surface area contributed by atoms with E-state index in [4.69, 9.17) is 9.47 Å². The van der Waals surface area contributed by atoms with E-state index in [1.165, 1.54) is 27.3 Å². The van der Waals surface area contributed by atoms with Gasteiger partial charge in [0.1, 0.15) is 11.5 Å². The molecule has 0 saturated heterocycles. The number of methoxy groups -OCH3 is 2. The molecule has 1 aromatic carbocycles. The second kappa shape index (κ2) is 6.47. The summed E-state index contributed by atoms with van der Waals surface area (Å²) >= 11 is 3.27. The van der Waals surface area contributed by atoms with Gasteiger partial charge in [-0.05, 0) is 35.1 Å². The number of benzene rings is 1. The van der Waals surface area contributed by atoms with Crippen LogP contribution in [0.5, 0.6) is 11.5 Å². The first kappa shape index (κ1) is 16.1. The van der Waals surface area contributed by atoms with Gasteiger partial charge in [0.2, 0.25) is 0 Å². The fraction of sp³-hybridized carbons (Fsp3) is 0.500. The summed E-state index contributed by atoms with van der Waals surface area (Å²) in [6.45, 7) is 0. The quantitative estimate of drug-likeness (QED) is 0.886. The first-order valence-electron chi connectivity index (χ1n) is 5.47. The van der Waals surface area contributed by atoms with E-state index in [9.17, 15) is 13.2 Å². The van der Waals surface area contributed by atoms with Crippen LogP contribution < -0.4 is 14.8 Å². The molecule has 0 aliphatic rings. The molecule has 0 bridgehead atoms. The maximum absolute atomic E-state index is 12.6. The molecule has 0 fully saturated rings. The summed E-state index contributed by atoms with van der Waals surface area (Å²) in [4.78, 5) is 0. The number of hydrogen-bond donors (Lipinski definition) is 1. The Morgan fingerprint density at radius 1 is 1.21 bits per heavy atom. The molecule has 0 aliphatic carbocycles. The molecule has 1 aromatic rings. The van der Waals surface area contributed by atoms with Gasteiger partial charge in [0.05, 0.1) is 25.1 Å². The highest BCUT2D eigenvalue weighted by Gasteiger charge is 2.33. The fourth-order valence-corrected chi connectivity index (χ4v) is 2.24. The third-order valence-corrected chi connectivity index (χ3v) is 3.28. The number of hydrogen-bond acceptors (Lipinski definition) is 3. The Labute approximate surface area is 118 Å². The van der Waals surface area contributed by atoms with Crippen LogP contribution in [0.1, 0.15) is 18.0 Å². The molecule has 0 amide bonds. The summed E-state index contributed by atoms with van der Waals surface area (Å²) in [6.07, 6.45) is -5.25. The maximum atomic E-state index is 12.6. The van der Waals surface area contributed by atoms with Crippen molar-refractivity contribution in [2.45, 2.75) is 18.6 Å². The monoisotopic (exact) mass is 341 g/mol. The number of halogens is 4. The van der Waals surface area contributed by atoms with Crippen LogP contribution >= 0.6 is 15.9 Å². The van der Waals surface area contributed by atoms with Gasteiger partial charge in [0.25, 0.3) is 0 Å². The molecular weight excluding hydrogens is 327 g/mol. The summed E-state index contributed by atoms with van der Waals surface area (Å²) in [6, 6.07) is 2.24. The van der Waals surface area contributed by atoms with Crippen molar-refractivity contribution in [3.8, 4) is 11.5 Å². The lowest BCUT2D eigenvalue weighted by atomic mass is 10.0. The molecule has 1 unspecified atom stereocenters. The van der Waals surface area contributed by atoms with E-state index in [-0.39, 0.29) is 0 Å². The highest BCUT2D eigenvalue weighted by Crippen LogP contribution is 2.39. The zero-order valence-corrected chi connectivity index (χ0v) is 12.4. The van der Waals surface area contributed by atoms with Gasteiger partial charge in [-0.15, -0.1) is 0 Å². The third-order valence-electron chi connectivity index (χ3n) is 2.66. The van der Waals surface area contributed by atoms with Gasteiger partial charge in [-0.2, -0.15) is 13.2 Å². The molecule has 1 rings (SSSR count). The topological polar surface area (TPSA) is 30.5 Å². The molecule has 108 valence electrons. The van der Waals surface area contributed by atoms with Crippen LogP contribution in [0.4, 0.5) is 13.2 Å². The van der Waals surface area contributed by atoms with E-state index in [0.29, 0.717) is 21.5 Å². The van der Waals surface area contributed by atoms with E-state index in [2.05, 4.69) is 21.2 Å². The standard InChI is InChI=1S/C12H15BrF3NO2/c1-17-9(6-12(14,15)16)7-4-11(19-3)8(13)5-10(7)18-2/h4-5,9,17H,6H2,1-3H3. The van der Waals surface area contributed by atoms with Crippen molar-refractivity contribution in [1.82, 2.24) is 5.32 Å². The molecule has 0 aliphatic heterocycles. The van der Waals surface area contributed by atoms with Gasteiger partial charge < -0.3 is 14.8 Å². The van der Waals surface area contributed by atoms with Crippen molar-refractivity contribution >= 4 is 15.9 Å². The third kappa shape index (κ3) is 4.28. The molecule has 19 heavy (non-hydrogen) atoms. The number of nitrogens with one attached hydrogen (secondary N) is 1. The minimum Gasteiger partial charge on any atom is -0.496 e. The Bertz CT molecular complexity index is 438. The molecule has 0 radical (unpaired) electrons. The van der Waals surface area contributed by atoms with Gasteiger partial charge >= 0.3 is 6.18 Å². The first-order chi connectivity index (χ1) is 8.82. The van der Waals surface area contributed by atoms with Gasteiger partial charge in [0.15, 0.2) is 0 Å². The van der Waals surface area contributed by atoms with Crippen LogP contribution in [-0.2, 0) is 0 Å². The molecule has 7 heteroatoms. The second-order valence-corrected chi connectivity index (χ2v) is 4.74. The van der Waals surface area contributed by atoms with Gasteiger partial charge in [-0.3, -0.25) is 0 Å². The fourth-order valence-electron chi connectivity index (χ4n) is 1.76. The average molecular weight is 342 g/mol. The van der Waals surface area contributed by atoms with Crippen LogP contribution in [-0.4, -0.2) is 27.4 Å². The van der Waals surface area contributed by atoms with Crippen LogP contribution in [0.3, 0.4) is 0 Å². The first-order valence-corrected chi connectivity index (χ1v) is 6.27. The van der Waals surface area contributed by atoms with E-state index >= 15 is 0 Å². The van der Waals surface area contributed by atoms with Gasteiger partial charge in [0, 0.05) is 11.6 Å². The minimum absolute atomic E-state index is 0.372. The Kier molecular flexibility index (Phi) is 5.49. The predicted octanol–water partition coefficient (Wildman–Crippen LogP) is 3.68. The zero-order chi connectivity index (χ0) is 14.6. The van der Waals surface area contributed by atoms with Gasteiger partial charge in [-0.1, -0.05) is 0 Å². The summed E-state index contributed by atoms with van der Waals surface area (Å²) in [5.74, 6) is 0.828. The zero-order valence-electron chi connectivity index (χ0n) is 10.8. The summed E-state index contributed by atoms with van der Waals surface area (Å²) < 4.78 is 48.5. The molecule has 0 spiro atoms. The van der Waals surface area contributed by atoms with E-state index in [0.717, 1.165) is 0 Å². The summed E-state index contributed by atoms with van der Waals surface area (Å²) in [5, 5.41) is 2.65. The van der Waals surface area contributed by atoms with E-state index in [1.54, 1.807) is 6.07 Å². The van der Waals surface area contributed by atoms with Crippen molar-refractivity contribution < 1.29 is 22.6 Å². The van der Waals surface area contributed by atoms with Crippen LogP contribution in [0.2, 0.25) is 0 Å². The molecule has 0 heterocycles. The van der Waals surface area contributed by atoms with Crippen LogP contribution in [0.15, 0.2) is 16.6 Å². The molecule has 3 nitrogen and oxygen atoms in total. The maximum Gasteiger partial charge on any atom is 0.390 e. The summed E-state index contributed by atoms with van der Waals surface area (Å²) in [7, 11) is 4.34. The van der Waals surface area contributed by atoms with E-state index < -0.39 is 18.6 Å².